The van der Waals surface area contributed by atoms with Crippen LogP contribution in [0.5, 0.6) is 0 Å². The van der Waals surface area contributed by atoms with Crippen LogP contribution in [0.1, 0.15) is 19.3 Å². The number of hydrogen-bond acceptors (Lipinski definition) is 4. The number of alkyl carbamates (subject to hydrolysis) is 1. The Kier molecular flexibility index (Phi) is 3.87. The predicted octanol–water partition coefficient (Wildman–Crippen LogP) is 0.339. The van der Waals surface area contributed by atoms with Crippen LogP contribution < -0.4 is 10.9 Å². The lowest BCUT2D eigenvalue weighted by Gasteiger charge is -2.38. The van der Waals surface area contributed by atoms with E-state index in [9.17, 15) is 14.4 Å². The number of likely N-dealkylation sites (tertiary alicyclic amines) is 1. The summed E-state index contributed by atoms with van der Waals surface area (Å²) in [4.78, 5) is 37.0. The fourth-order valence-electron chi connectivity index (χ4n) is 3.06. The molecule has 1 atom stereocenters. The van der Waals surface area contributed by atoms with Gasteiger partial charge in [0.25, 0.3) is 5.56 Å². The topological polar surface area (TPSA) is 80.6 Å². The second-order valence-electron chi connectivity index (χ2n) is 5.83. The summed E-state index contributed by atoms with van der Waals surface area (Å²) >= 11 is 0. The Balaban J connectivity index is 1.59. The molecule has 7 nitrogen and oxygen atoms in total. The van der Waals surface area contributed by atoms with E-state index in [1.54, 1.807) is 23.2 Å². The van der Waals surface area contributed by atoms with Crippen molar-refractivity contribution in [2.75, 3.05) is 19.6 Å². The first kappa shape index (κ1) is 14.6. The molecule has 118 valence electrons. The van der Waals surface area contributed by atoms with Gasteiger partial charge in [0.2, 0.25) is 5.91 Å². The van der Waals surface area contributed by atoms with E-state index in [0.717, 1.165) is 12.8 Å². The highest BCUT2D eigenvalue weighted by atomic mass is 16.6. The first-order chi connectivity index (χ1) is 10.6. The zero-order chi connectivity index (χ0) is 15.6. The van der Waals surface area contributed by atoms with E-state index in [1.165, 1.54) is 10.6 Å². The Hall–Kier alpha value is -2.31. The number of rotatable bonds is 3. The largest absolute Gasteiger partial charge is 0.439 e. The number of nitrogens with zero attached hydrogens (tertiary/aromatic N) is 2. The summed E-state index contributed by atoms with van der Waals surface area (Å²) < 4.78 is 6.88. The summed E-state index contributed by atoms with van der Waals surface area (Å²) in [5.74, 6) is -0.0159. The lowest BCUT2D eigenvalue weighted by Crippen LogP contribution is -2.52. The van der Waals surface area contributed by atoms with Gasteiger partial charge >= 0.3 is 6.09 Å². The molecule has 3 heterocycles. The van der Waals surface area contributed by atoms with Gasteiger partial charge in [-0.3, -0.25) is 9.59 Å². The van der Waals surface area contributed by atoms with Crippen LogP contribution in [0.25, 0.3) is 0 Å². The first-order valence-electron chi connectivity index (χ1n) is 7.48. The summed E-state index contributed by atoms with van der Waals surface area (Å²) in [6.07, 6.45) is 3.11. The van der Waals surface area contributed by atoms with Gasteiger partial charge in [-0.15, -0.1) is 0 Å². The molecule has 0 unspecified atom stereocenters. The highest BCUT2D eigenvalue weighted by Crippen LogP contribution is 2.28. The Morgan fingerprint density at radius 3 is 2.95 bits per heavy atom. The normalized spacial score (nSPS) is 24.2. The van der Waals surface area contributed by atoms with Crippen molar-refractivity contribution in [2.24, 2.45) is 0 Å². The van der Waals surface area contributed by atoms with Crippen molar-refractivity contribution < 1.29 is 14.3 Å². The number of ether oxygens (including phenoxy) is 1. The summed E-state index contributed by atoms with van der Waals surface area (Å²) in [7, 11) is 0. The van der Waals surface area contributed by atoms with Crippen molar-refractivity contribution in [3.05, 3.63) is 34.7 Å². The molecule has 1 aromatic heterocycles. The second kappa shape index (κ2) is 5.82. The third-order valence-electron chi connectivity index (χ3n) is 4.22. The number of aryl methyl sites for hydroxylation is 1. The highest BCUT2D eigenvalue weighted by Gasteiger charge is 2.44. The maximum atomic E-state index is 12.4. The fourth-order valence-corrected chi connectivity index (χ4v) is 3.06. The van der Waals surface area contributed by atoms with Gasteiger partial charge in [0.1, 0.15) is 5.60 Å². The zero-order valence-electron chi connectivity index (χ0n) is 12.3. The van der Waals surface area contributed by atoms with E-state index < -0.39 is 11.7 Å². The van der Waals surface area contributed by atoms with Crippen LogP contribution in [0.4, 0.5) is 4.79 Å². The van der Waals surface area contributed by atoms with Gasteiger partial charge in [-0.05, 0) is 18.9 Å². The number of carbonyl (C=O) groups is 2. The molecule has 2 amide bonds. The minimum atomic E-state index is -0.575. The number of aromatic nitrogens is 1. The summed E-state index contributed by atoms with van der Waals surface area (Å²) in [6.45, 7) is 1.91. The van der Waals surface area contributed by atoms with Gasteiger partial charge in [-0.1, -0.05) is 6.07 Å². The number of pyridine rings is 1. The van der Waals surface area contributed by atoms with E-state index in [2.05, 4.69) is 5.32 Å². The number of nitrogens with one attached hydrogen (secondary N) is 1. The molecule has 1 aromatic rings. The van der Waals surface area contributed by atoms with Gasteiger partial charge in [0.15, 0.2) is 0 Å². The van der Waals surface area contributed by atoms with Crippen LogP contribution in [-0.2, 0) is 16.1 Å². The van der Waals surface area contributed by atoms with E-state index in [1.807, 2.05) is 0 Å². The monoisotopic (exact) mass is 305 g/mol. The Morgan fingerprint density at radius 2 is 2.23 bits per heavy atom. The molecule has 22 heavy (non-hydrogen) atoms. The molecule has 1 spiro atoms. The van der Waals surface area contributed by atoms with Crippen LogP contribution in [0, 0.1) is 0 Å². The van der Waals surface area contributed by atoms with Crippen molar-refractivity contribution in [3.63, 3.8) is 0 Å². The highest BCUT2D eigenvalue weighted by molar-refractivity contribution is 5.77. The molecule has 0 radical (unpaired) electrons. The van der Waals surface area contributed by atoms with Crippen LogP contribution >= 0.6 is 0 Å². The summed E-state index contributed by atoms with van der Waals surface area (Å²) in [5.41, 5.74) is -0.687. The van der Waals surface area contributed by atoms with Gasteiger partial charge in [0.05, 0.1) is 13.1 Å². The number of amides is 2. The Labute approximate surface area is 127 Å². The summed E-state index contributed by atoms with van der Waals surface area (Å²) in [5, 5.41) is 2.66. The van der Waals surface area contributed by atoms with Gasteiger partial charge in [-0.25, -0.2) is 4.79 Å². The maximum absolute atomic E-state index is 12.4. The molecule has 0 aliphatic carbocycles. The standard InChI is InChI=1S/C15H19N3O4/c19-12-4-1-2-7-17(12)9-5-13(20)18-8-3-6-15(11-18)10-16-14(21)22-15/h1-2,4,7H,3,5-6,8-11H2,(H,16,21)/t15-/m0/s1. The first-order valence-corrected chi connectivity index (χ1v) is 7.48. The molecule has 0 aromatic carbocycles. The van der Waals surface area contributed by atoms with E-state index in [4.69, 9.17) is 4.74 Å². The minimum Gasteiger partial charge on any atom is -0.439 e. The molecule has 0 saturated carbocycles. The van der Waals surface area contributed by atoms with Gasteiger partial charge in [0, 0.05) is 31.8 Å². The molecule has 2 saturated heterocycles. The SMILES string of the molecule is O=C1NC[C@]2(CCCN(C(=O)CCn3ccccc3=O)C2)O1. The van der Waals surface area contributed by atoms with E-state index in [0.29, 0.717) is 26.2 Å². The molecule has 7 heteroatoms. The van der Waals surface area contributed by atoms with Gasteiger partial charge < -0.3 is 19.5 Å². The Bertz CT molecular complexity index is 642. The molecule has 2 fully saturated rings. The number of piperidine rings is 1. The van der Waals surface area contributed by atoms with Crippen molar-refractivity contribution in [1.82, 2.24) is 14.8 Å². The molecule has 0 bridgehead atoms. The fraction of sp³-hybridized carbons (Fsp3) is 0.533. The lowest BCUT2D eigenvalue weighted by atomic mass is 9.93. The van der Waals surface area contributed by atoms with Crippen molar-refractivity contribution in [1.29, 1.82) is 0 Å². The van der Waals surface area contributed by atoms with E-state index >= 15 is 0 Å². The molecule has 1 N–H and O–H groups in total. The molecule has 2 aliphatic rings. The predicted molar refractivity (Wildman–Crippen MR) is 78.3 cm³/mol. The lowest BCUT2D eigenvalue weighted by molar-refractivity contribution is -0.137. The van der Waals surface area contributed by atoms with Crippen molar-refractivity contribution in [2.45, 2.75) is 31.4 Å². The van der Waals surface area contributed by atoms with Crippen LogP contribution in [-0.4, -0.2) is 46.7 Å². The molecule has 3 rings (SSSR count). The zero-order valence-corrected chi connectivity index (χ0v) is 12.3. The van der Waals surface area contributed by atoms with Crippen LogP contribution in [0.2, 0.25) is 0 Å². The minimum absolute atomic E-state index is 0.0159. The Morgan fingerprint density at radius 1 is 1.36 bits per heavy atom. The third-order valence-corrected chi connectivity index (χ3v) is 4.22. The van der Waals surface area contributed by atoms with Gasteiger partial charge in [-0.2, -0.15) is 0 Å². The molecular formula is C15H19N3O4. The molecule has 2 aliphatic heterocycles. The second-order valence-corrected chi connectivity index (χ2v) is 5.83. The van der Waals surface area contributed by atoms with E-state index in [-0.39, 0.29) is 17.9 Å². The average molecular weight is 305 g/mol. The third kappa shape index (κ3) is 2.98. The summed E-state index contributed by atoms with van der Waals surface area (Å²) in [6, 6.07) is 4.92. The van der Waals surface area contributed by atoms with Crippen LogP contribution in [0.15, 0.2) is 29.2 Å². The number of hydrogen-bond donors (Lipinski definition) is 1. The maximum Gasteiger partial charge on any atom is 0.407 e. The molecular weight excluding hydrogens is 286 g/mol. The quantitative estimate of drug-likeness (QED) is 0.873. The number of carbonyl (C=O) groups excluding carboxylic acids is 2. The van der Waals surface area contributed by atoms with Crippen LogP contribution in [0.3, 0.4) is 0 Å². The van der Waals surface area contributed by atoms with Crippen molar-refractivity contribution in [3.8, 4) is 0 Å². The van der Waals surface area contributed by atoms with Crippen molar-refractivity contribution >= 4 is 12.0 Å². The smallest absolute Gasteiger partial charge is 0.407 e. The average Bonchev–Trinajstić information content (AvgIpc) is 2.86.